The number of nitrogens with zero attached hydrogens (tertiary/aromatic N) is 1. The molecule has 0 bridgehead atoms. The number of amides is 2. The molecule has 0 aliphatic carbocycles. The Balaban J connectivity index is 2.23. The molecule has 4 nitrogen and oxygen atoms in total. The van der Waals surface area contributed by atoms with Crippen molar-refractivity contribution in [1.82, 2.24) is 0 Å². The van der Waals surface area contributed by atoms with E-state index in [9.17, 15) is 9.59 Å². The molecule has 0 radical (unpaired) electrons. The molecular formula is C21H23NO3. The summed E-state index contributed by atoms with van der Waals surface area (Å²) in [4.78, 5) is 27.5. The van der Waals surface area contributed by atoms with Crippen molar-refractivity contribution in [3.63, 3.8) is 0 Å². The lowest BCUT2D eigenvalue weighted by Crippen LogP contribution is -2.31. The summed E-state index contributed by atoms with van der Waals surface area (Å²) >= 11 is 0. The molecule has 0 unspecified atom stereocenters. The minimum absolute atomic E-state index is 0.240. The van der Waals surface area contributed by atoms with Gasteiger partial charge >= 0.3 is 0 Å². The van der Waals surface area contributed by atoms with Gasteiger partial charge in [0.2, 0.25) is 0 Å². The Labute approximate surface area is 148 Å². The maximum atomic E-state index is 13.1. The van der Waals surface area contributed by atoms with Crippen LogP contribution in [0, 0.1) is 6.92 Å². The molecule has 0 atom stereocenters. The van der Waals surface area contributed by atoms with Crippen molar-refractivity contribution in [2.24, 2.45) is 0 Å². The Morgan fingerprint density at radius 2 is 1.72 bits per heavy atom. The van der Waals surface area contributed by atoms with Crippen molar-refractivity contribution < 1.29 is 14.3 Å². The number of hydrogen-bond acceptors (Lipinski definition) is 3. The molecule has 0 spiro atoms. The van der Waals surface area contributed by atoms with Crippen LogP contribution in [0.4, 0.5) is 5.69 Å². The van der Waals surface area contributed by atoms with Gasteiger partial charge in [-0.05, 0) is 49.9 Å². The Bertz CT molecular complexity index is 854. The highest BCUT2D eigenvalue weighted by Gasteiger charge is 2.39. The lowest BCUT2D eigenvalue weighted by atomic mass is 10.0. The predicted molar refractivity (Wildman–Crippen MR) is 98.7 cm³/mol. The third-order valence-corrected chi connectivity index (χ3v) is 4.70. The smallest absolute Gasteiger partial charge is 0.266 e. The van der Waals surface area contributed by atoms with E-state index in [1.165, 1.54) is 4.90 Å². The van der Waals surface area contributed by atoms with E-state index in [1.807, 2.05) is 52.0 Å². The van der Waals surface area contributed by atoms with E-state index in [0.717, 1.165) is 28.9 Å². The number of aryl methyl sites for hydroxylation is 2. The predicted octanol–water partition coefficient (Wildman–Crippen LogP) is 4.32. The summed E-state index contributed by atoms with van der Waals surface area (Å²) in [5.74, 6) is 0.253. The Morgan fingerprint density at radius 3 is 2.32 bits per heavy atom. The van der Waals surface area contributed by atoms with Crippen LogP contribution in [-0.4, -0.2) is 18.4 Å². The highest BCUT2D eigenvalue weighted by atomic mass is 16.5. The minimum atomic E-state index is -0.248. The van der Waals surface area contributed by atoms with Crippen LogP contribution in [0.25, 0.3) is 0 Å². The van der Waals surface area contributed by atoms with E-state index in [0.29, 0.717) is 29.8 Å². The van der Waals surface area contributed by atoms with Crippen molar-refractivity contribution >= 4 is 17.5 Å². The average Bonchev–Trinajstić information content (AvgIpc) is 2.86. The van der Waals surface area contributed by atoms with Crippen molar-refractivity contribution in [2.45, 2.75) is 40.5 Å². The lowest BCUT2D eigenvalue weighted by molar-refractivity contribution is 0.0925. The molecule has 4 heteroatoms. The van der Waals surface area contributed by atoms with Gasteiger partial charge in [-0.3, -0.25) is 9.59 Å². The number of carbonyl (C=O) groups excluding carboxylic acids is 2. The Morgan fingerprint density at radius 1 is 0.960 bits per heavy atom. The highest BCUT2D eigenvalue weighted by molar-refractivity contribution is 6.35. The molecule has 1 heterocycles. The number of rotatable bonds is 5. The van der Waals surface area contributed by atoms with E-state index in [-0.39, 0.29) is 11.8 Å². The molecule has 3 rings (SSSR count). The summed E-state index contributed by atoms with van der Waals surface area (Å²) in [6.07, 6.45) is 1.42. The molecule has 0 fully saturated rings. The summed E-state index contributed by atoms with van der Waals surface area (Å²) in [5, 5.41) is 0. The molecule has 1 aliphatic rings. The first kappa shape index (κ1) is 17.2. The van der Waals surface area contributed by atoms with Gasteiger partial charge < -0.3 is 4.74 Å². The van der Waals surface area contributed by atoms with E-state index in [4.69, 9.17) is 4.74 Å². The quantitative estimate of drug-likeness (QED) is 0.763. The van der Waals surface area contributed by atoms with Gasteiger partial charge in [0.1, 0.15) is 5.75 Å². The zero-order valence-electron chi connectivity index (χ0n) is 15.2. The van der Waals surface area contributed by atoms with Crippen LogP contribution in [-0.2, 0) is 12.8 Å². The van der Waals surface area contributed by atoms with Gasteiger partial charge in [0, 0.05) is 5.56 Å². The van der Waals surface area contributed by atoms with E-state index >= 15 is 0 Å². The van der Waals surface area contributed by atoms with Gasteiger partial charge in [-0.25, -0.2) is 4.90 Å². The maximum absolute atomic E-state index is 13.1. The van der Waals surface area contributed by atoms with E-state index < -0.39 is 0 Å². The van der Waals surface area contributed by atoms with Crippen molar-refractivity contribution in [2.75, 3.05) is 11.5 Å². The Hall–Kier alpha value is -2.62. The molecule has 0 saturated heterocycles. The van der Waals surface area contributed by atoms with Crippen molar-refractivity contribution in [3.8, 4) is 5.75 Å². The van der Waals surface area contributed by atoms with Crippen LogP contribution >= 0.6 is 0 Å². The zero-order chi connectivity index (χ0) is 18.1. The number of anilines is 1. The summed E-state index contributed by atoms with van der Waals surface area (Å²) in [7, 11) is 0. The van der Waals surface area contributed by atoms with Gasteiger partial charge in [-0.1, -0.05) is 32.0 Å². The molecule has 2 amide bonds. The number of fused-ring (bicyclic) bond motifs is 1. The first-order valence-electron chi connectivity index (χ1n) is 8.80. The second-order valence-corrected chi connectivity index (χ2v) is 6.13. The number of hydrogen-bond donors (Lipinski definition) is 0. The molecule has 2 aromatic carbocycles. The maximum Gasteiger partial charge on any atom is 0.266 e. The normalized spacial score (nSPS) is 13.4. The largest absolute Gasteiger partial charge is 0.494 e. The third kappa shape index (κ3) is 2.62. The van der Waals surface area contributed by atoms with Crippen molar-refractivity contribution in [3.05, 3.63) is 58.1 Å². The molecule has 25 heavy (non-hydrogen) atoms. The number of benzene rings is 2. The van der Waals surface area contributed by atoms with Crippen LogP contribution in [0.15, 0.2) is 30.3 Å². The molecule has 1 aliphatic heterocycles. The fourth-order valence-corrected chi connectivity index (χ4v) is 3.52. The lowest BCUT2D eigenvalue weighted by Gasteiger charge is -2.23. The minimum Gasteiger partial charge on any atom is -0.494 e. The van der Waals surface area contributed by atoms with E-state index in [1.54, 1.807) is 6.07 Å². The first-order valence-corrected chi connectivity index (χ1v) is 8.80. The molecule has 0 aromatic heterocycles. The second-order valence-electron chi connectivity index (χ2n) is 6.13. The van der Waals surface area contributed by atoms with Gasteiger partial charge in [-0.15, -0.1) is 0 Å². The van der Waals surface area contributed by atoms with Crippen LogP contribution in [0.1, 0.15) is 58.2 Å². The Kier molecular flexibility index (Phi) is 4.62. The fraction of sp³-hybridized carbons (Fsp3) is 0.333. The SMILES string of the molecule is CCOc1ccc(CC)c(N2C(=O)c3cccc(C)c3C2=O)c1CC. The number of carbonyl (C=O) groups is 2. The van der Waals surface area contributed by atoms with Crippen LogP contribution < -0.4 is 9.64 Å². The first-order chi connectivity index (χ1) is 12.0. The van der Waals surface area contributed by atoms with Gasteiger partial charge in [-0.2, -0.15) is 0 Å². The summed E-state index contributed by atoms with van der Waals surface area (Å²) in [6.45, 7) is 8.38. The van der Waals surface area contributed by atoms with Gasteiger partial charge in [0.15, 0.2) is 0 Å². The molecule has 0 saturated carbocycles. The van der Waals surface area contributed by atoms with Gasteiger partial charge in [0.05, 0.1) is 23.4 Å². The molecule has 0 N–H and O–H groups in total. The number of ether oxygens (including phenoxy) is 1. The molecule has 2 aromatic rings. The van der Waals surface area contributed by atoms with Crippen LogP contribution in [0.2, 0.25) is 0 Å². The fourth-order valence-electron chi connectivity index (χ4n) is 3.52. The standard InChI is InChI=1S/C21H23NO3/c1-5-14-11-12-17(25-7-3)15(6-2)19(14)22-20(23)16-10-8-9-13(4)18(16)21(22)24/h8-12H,5-7H2,1-4H3. The second kappa shape index (κ2) is 6.71. The number of imide groups is 1. The summed E-state index contributed by atoms with van der Waals surface area (Å²) in [5.41, 5.74) is 4.41. The van der Waals surface area contributed by atoms with E-state index in [2.05, 4.69) is 0 Å². The average molecular weight is 337 g/mol. The topological polar surface area (TPSA) is 46.6 Å². The zero-order valence-corrected chi connectivity index (χ0v) is 15.2. The molecular weight excluding hydrogens is 314 g/mol. The summed E-state index contributed by atoms with van der Waals surface area (Å²) < 4.78 is 5.75. The van der Waals surface area contributed by atoms with Crippen LogP contribution in [0.3, 0.4) is 0 Å². The monoisotopic (exact) mass is 337 g/mol. The third-order valence-electron chi connectivity index (χ3n) is 4.70. The van der Waals surface area contributed by atoms with Crippen molar-refractivity contribution in [1.29, 1.82) is 0 Å². The van der Waals surface area contributed by atoms with Gasteiger partial charge in [0.25, 0.3) is 11.8 Å². The van der Waals surface area contributed by atoms with Crippen LogP contribution in [0.5, 0.6) is 5.75 Å². The molecule has 130 valence electrons. The summed E-state index contributed by atoms with van der Waals surface area (Å²) in [6, 6.07) is 9.31. The highest BCUT2D eigenvalue weighted by Crippen LogP contribution is 2.39.